The minimum atomic E-state index is -3.77. The topological polar surface area (TPSA) is 76.9 Å². The third kappa shape index (κ3) is 4.22. The van der Waals surface area contributed by atoms with Crippen molar-refractivity contribution in [2.24, 2.45) is 0 Å². The Morgan fingerprint density at radius 1 is 1.16 bits per heavy atom. The zero-order valence-electron chi connectivity index (χ0n) is 12.9. The van der Waals surface area contributed by atoms with Crippen LogP contribution in [-0.2, 0) is 16.6 Å². The fourth-order valence-corrected chi connectivity index (χ4v) is 3.49. The molecule has 6 nitrogen and oxygen atoms in total. The first-order valence-electron chi connectivity index (χ1n) is 7.33. The highest BCUT2D eigenvalue weighted by Crippen LogP contribution is 2.19. The van der Waals surface area contributed by atoms with Crippen LogP contribution in [0.5, 0.6) is 0 Å². The van der Waals surface area contributed by atoms with Gasteiger partial charge in [-0.3, -0.25) is 9.67 Å². The zero-order chi connectivity index (χ0) is 17.9. The lowest BCUT2D eigenvalue weighted by atomic mass is 10.1. The Bertz CT molecular complexity index is 977. The summed E-state index contributed by atoms with van der Waals surface area (Å²) in [6, 6.07) is 6.99. The SMILES string of the molecule is O=S(=O)(NCCn1cc(-c2ccncc2)cn1)c1ccc(F)c(Cl)c1. The second-order valence-corrected chi connectivity index (χ2v) is 7.38. The number of nitrogens with zero attached hydrogens (tertiary/aromatic N) is 3. The van der Waals surface area contributed by atoms with Gasteiger partial charge >= 0.3 is 0 Å². The Morgan fingerprint density at radius 3 is 2.64 bits per heavy atom. The van der Waals surface area contributed by atoms with E-state index in [9.17, 15) is 12.8 Å². The third-order valence-electron chi connectivity index (χ3n) is 3.48. The van der Waals surface area contributed by atoms with Crippen LogP contribution in [0.4, 0.5) is 4.39 Å². The molecular weight excluding hydrogens is 367 g/mol. The number of aromatic nitrogens is 3. The first-order valence-corrected chi connectivity index (χ1v) is 9.19. The van der Waals surface area contributed by atoms with Crippen LogP contribution < -0.4 is 4.72 Å². The summed E-state index contributed by atoms with van der Waals surface area (Å²) in [6.07, 6.45) is 6.89. The summed E-state index contributed by atoms with van der Waals surface area (Å²) in [4.78, 5) is 3.87. The number of pyridine rings is 1. The summed E-state index contributed by atoms with van der Waals surface area (Å²) in [5.74, 6) is -0.666. The Balaban J connectivity index is 1.63. The van der Waals surface area contributed by atoms with E-state index in [1.807, 2.05) is 18.3 Å². The highest BCUT2D eigenvalue weighted by molar-refractivity contribution is 7.89. The monoisotopic (exact) mass is 380 g/mol. The van der Waals surface area contributed by atoms with Crippen molar-refractivity contribution in [3.05, 3.63) is 66.0 Å². The molecule has 0 amide bonds. The Hall–Kier alpha value is -2.29. The maximum absolute atomic E-state index is 13.1. The molecule has 0 fully saturated rings. The molecule has 1 N–H and O–H groups in total. The highest BCUT2D eigenvalue weighted by atomic mass is 35.5. The number of hydrogen-bond acceptors (Lipinski definition) is 4. The first-order chi connectivity index (χ1) is 12.0. The lowest BCUT2D eigenvalue weighted by Gasteiger charge is -2.07. The van der Waals surface area contributed by atoms with E-state index in [1.54, 1.807) is 23.3 Å². The standard InChI is InChI=1S/C16H14ClFN4O2S/c17-15-9-14(1-2-16(15)18)25(23,24)21-7-8-22-11-13(10-20-22)12-3-5-19-6-4-12/h1-6,9-11,21H,7-8H2. The van der Waals surface area contributed by atoms with Crippen LogP contribution in [0.15, 0.2) is 60.0 Å². The van der Waals surface area contributed by atoms with Gasteiger partial charge < -0.3 is 0 Å². The average molecular weight is 381 g/mol. The smallest absolute Gasteiger partial charge is 0.240 e. The third-order valence-corrected chi connectivity index (χ3v) is 5.23. The number of nitrogens with one attached hydrogen (secondary N) is 1. The number of halogens is 2. The van der Waals surface area contributed by atoms with Crippen LogP contribution >= 0.6 is 11.6 Å². The second kappa shape index (κ2) is 7.30. The van der Waals surface area contributed by atoms with E-state index in [2.05, 4.69) is 14.8 Å². The van der Waals surface area contributed by atoms with Gasteiger partial charge in [0.2, 0.25) is 10.0 Å². The van der Waals surface area contributed by atoms with E-state index >= 15 is 0 Å². The molecule has 25 heavy (non-hydrogen) atoms. The predicted molar refractivity (Wildman–Crippen MR) is 92.1 cm³/mol. The molecule has 0 saturated heterocycles. The van der Waals surface area contributed by atoms with Gasteiger partial charge in [-0.15, -0.1) is 0 Å². The van der Waals surface area contributed by atoms with Crippen molar-refractivity contribution in [3.63, 3.8) is 0 Å². The van der Waals surface area contributed by atoms with E-state index in [-0.39, 0.29) is 16.5 Å². The molecule has 3 rings (SSSR count). The summed E-state index contributed by atoms with van der Waals surface area (Å²) >= 11 is 5.63. The van der Waals surface area contributed by atoms with Gasteiger partial charge in [-0.2, -0.15) is 5.10 Å². The lowest BCUT2D eigenvalue weighted by Crippen LogP contribution is -2.27. The normalized spacial score (nSPS) is 11.6. The average Bonchev–Trinajstić information content (AvgIpc) is 3.07. The molecular formula is C16H14ClFN4O2S. The van der Waals surface area contributed by atoms with E-state index in [0.29, 0.717) is 6.54 Å². The summed E-state index contributed by atoms with van der Waals surface area (Å²) in [6.45, 7) is 0.480. The quantitative estimate of drug-likeness (QED) is 0.713. The molecule has 0 bridgehead atoms. The molecule has 9 heteroatoms. The number of rotatable bonds is 6. The summed E-state index contributed by atoms with van der Waals surface area (Å²) in [7, 11) is -3.77. The summed E-state index contributed by atoms with van der Waals surface area (Å²) in [5.41, 5.74) is 1.89. The summed E-state index contributed by atoms with van der Waals surface area (Å²) in [5, 5.41) is 3.96. The molecule has 0 spiro atoms. The van der Waals surface area contributed by atoms with Crippen LogP contribution in [0.1, 0.15) is 0 Å². The number of sulfonamides is 1. The van der Waals surface area contributed by atoms with Crippen molar-refractivity contribution >= 4 is 21.6 Å². The lowest BCUT2D eigenvalue weighted by molar-refractivity contribution is 0.560. The van der Waals surface area contributed by atoms with Gasteiger partial charge in [0, 0.05) is 30.7 Å². The molecule has 0 atom stereocenters. The molecule has 0 aliphatic heterocycles. The molecule has 0 radical (unpaired) electrons. The first kappa shape index (κ1) is 17.5. The maximum atomic E-state index is 13.1. The van der Waals surface area contributed by atoms with E-state index in [0.717, 1.165) is 23.3 Å². The highest BCUT2D eigenvalue weighted by Gasteiger charge is 2.15. The largest absolute Gasteiger partial charge is 0.271 e. The van der Waals surface area contributed by atoms with Gasteiger partial charge in [-0.25, -0.2) is 17.5 Å². The van der Waals surface area contributed by atoms with E-state index < -0.39 is 15.8 Å². The van der Waals surface area contributed by atoms with Crippen molar-refractivity contribution in [1.29, 1.82) is 0 Å². The van der Waals surface area contributed by atoms with Crippen LogP contribution in [-0.4, -0.2) is 29.7 Å². The van der Waals surface area contributed by atoms with Gasteiger partial charge in [0.25, 0.3) is 0 Å². The molecule has 2 heterocycles. The summed E-state index contributed by atoms with van der Waals surface area (Å²) < 4.78 is 41.6. The number of benzene rings is 1. The second-order valence-electron chi connectivity index (χ2n) is 5.20. The van der Waals surface area contributed by atoms with Gasteiger partial charge in [-0.05, 0) is 35.9 Å². The Kier molecular flexibility index (Phi) is 5.12. The van der Waals surface area contributed by atoms with Crippen molar-refractivity contribution < 1.29 is 12.8 Å². The van der Waals surface area contributed by atoms with Crippen LogP contribution in [0.3, 0.4) is 0 Å². The molecule has 1 aromatic carbocycles. The van der Waals surface area contributed by atoms with Gasteiger partial charge in [0.15, 0.2) is 0 Å². The molecule has 0 unspecified atom stereocenters. The van der Waals surface area contributed by atoms with E-state index in [4.69, 9.17) is 11.6 Å². The van der Waals surface area contributed by atoms with Crippen LogP contribution in [0.25, 0.3) is 11.1 Å². The number of hydrogen-bond donors (Lipinski definition) is 1. The molecule has 2 aromatic heterocycles. The van der Waals surface area contributed by atoms with Gasteiger partial charge in [-0.1, -0.05) is 11.6 Å². The minimum absolute atomic E-state index is 0.0863. The molecule has 0 saturated carbocycles. The molecule has 3 aromatic rings. The molecule has 130 valence electrons. The molecule has 0 aliphatic carbocycles. The zero-order valence-corrected chi connectivity index (χ0v) is 14.5. The Morgan fingerprint density at radius 2 is 1.92 bits per heavy atom. The van der Waals surface area contributed by atoms with Crippen molar-refractivity contribution in [3.8, 4) is 11.1 Å². The van der Waals surface area contributed by atoms with Crippen LogP contribution in [0, 0.1) is 5.82 Å². The maximum Gasteiger partial charge on any atom is 0.240 e. The van der Waals surface area contributed by atoms with Crippen molar-refractivity contribution in [1.82, 2.24) is 19.5 Å². The predicted octanol–water partition coefficient (Wildman–Crippen LogP) is 2.72. The molecule has 0 aliphatic rings. The van der Waals surface area contributed by atoms with Gasteiger partial charge in [0.05, 0.1) is 22.7 Å². The fraction of sp³-hybridized carbons (Fsp3) is 0.125. The van der Waals surface area contributed by atoms with Crippen molar-refractivity contribution in [2.45, 2.75) is 11.4 Å². The van der Waals surface area contributed by atoms with Crippen LogP contribution in [0.2, 0.25) is 5.02 Å². The Labute approximate surface area is 149 Å². The van der Waals surface area contributed by atoms with E-state index in [1.165, 1.54) is 6.07 Å². The van der Waals surface area contributed by atoms with Gasteiger partial charge in [0.1, 0.15) is 5.82 Å². The fourth-order valence-electron chi connectivity index (χ4n) is 2.20. The van der Waals surface area contributed by atoms with Crippen molar-refractivity contribution in [2.75, 3.05) is 6.54 Å². The minimum Gasteiger partial charge on any atom is -0.271 e.